The van der Waals surface area contributed by atoms with Gasteiger partial charge in [0.15, 0.2) is 36.0 Å². The van der Waals surface area contributed by atoms with Gasteiger partial charge in [0, 0.05) is 27.7 Å². The quantitative estimate of drug-likeness (QED) is 0.222. The zero-order chi connectivity index (χ0) is 35.1. The van der Waals surface area contributed by atoms with Crippen molar-refractivity contribution >= 4 is 35.8 Å². The summed E-state index contributed by atoms with van der Waals surface area (Å²) in [6.45, 7) is 4.19. The fourth-order valence-corrected chi connectivity index (χ4v) is 5.60. The van der Waals surface area contributed by atoms with Crippen molar-refractivity contribution < 1.29 is 66.7 Å². The van der Waals surface area contributed by atoms with Crippen molar-refractivity contribution in [2.24, 2.45) is 0 Å². The number of carbonyl (C=O) groups excluding carboxylic acids is 6. The predicted octanol–water partition coefficient (Wildman–Crippen LogP) is -0.123. The van der Waals surface area contributed by atoms with E-state index in [1.165, 1.54) is 38.0 Å². The lowest BCUT2D eigenvalue weighted by atomic mass is 9.89. The molecular weight excluding hydrogens is 644 g/mol. The molecule has 3 heterocycles. The van der Waals surface area contributed by atoms with Gasteiger partial charge in [-0.15, -0.1) is 10.2 Å². The van der Waals surface area contributed by atoms with Gasteiger partial charge in [-0.05, 0) is 19.3 Å². The van der Waals surface area contributed by atoms with E-state index < -0.39 is 91.3 Å². The lowest BCUT2D eigenvalue weighted by molar-refractivity contribution is -0.313. The van der Waals surface area contributed by atoms with Gasteiger partial charge in [0.25, 0.3) is 0 Å². The first-order valence-corrected chi connectivity index (χ1v) is 14.8. The van der Waals surface area contributed by atoms with E-state index in [0.29, 0.717) is 19.3 Å². The molecule has 0 unspecified atom stereocenters. The van der Waals surface area contributed by atoms with Gasteiger partial charge in [-0.2, -0.15) is 0 Å². The van der Waals surface area contributed by atoms with E-state index in [4.69, 9.17) is 37.9 Å². The third-order valence-electron chi connectivity index (χ3n) is 7.47. The average molecular weight is 681 g/mol. The van der Waals surface area contributed by atoms with Crippen molar-refractivity contribution in [3.8, 4) is 0 Å². The van der Waals surface area contributed by atoms with Crippen molar-refractivity contribution in [2.75, 3.05) is 20.8 Å². The topological polar surface area (TPSA) is 238 Å². The molecule has 20 nitrogen and oxygen atoms in total. The standard InChI is InChI=1S/C28H36N6O14/c1-13(35)43-12-21-24(45-15(3)37)22(34-11-18(30-32-34)27(40)42-6)25(46-16(4)38)28(48-21)47-20-9-7-8-19(23(20)44-14(2)36)33-10-17(29-31-33)26(39)41-5/h10-11,19-25,28H,7-9,12H2,1-6H3/t19-,20+,21+,22-,23+,24-,25+,28+/m0/s1. The number of hydrogen-bond donors (Lipinski definition) is 0. The maximum absolute atomic E-state index is 12.5. The Morgan fingerprint density at radius 2 is 1.29 bits per heavy atom. The molecule has 8 atom stereocenters. The van der Waals surface area contributed by atoms with Crippen LogP contribution in [0.25, 0.3) is 0 Å². The summed E-state index contributed by atoms with van der Waals surface area (Å²) in [6, 6.07) is -1.92. The number of nitrogens with zero attached hydrogens (tertiary/aromatic N) is 6. The van der Waals surface area contributed by atoms with Gasteiger partial charge >= 0.3 is 35.8 Å². The van der Waals surface area contributed by atoms with Crippen LogP contribution in [0.1, 0.15) is 80.0 Å². The van der Waals surface area contributed by atoms with Crippen LogP contribution in [0.3, 0.4) is 0 Å². The molecule has 1 aliphatic heterocycles. The summed E-state index contributed by atoms with van der Waals surface area (Å²) in [7, 11) is 2.34. The maximum Gasteiger partial charge on any atom is 0.360 e. The predicted molar refractivity (Wildman–Crippen MR) is 151 cm³/mol. The van der Waals surface area contributed by atoms with Gasteiger partial charge in [-0.3, -0.25) is 19.2 Å². The molecule has 4 rings (SSSR count). The molecule has 0 N–H and O–H groups in total. The molecule has 1 saturated heterocycles. The number of methoxy groups -OCH3 is 2. The first kappa shape index (κ1) is 35.9. The van der Waals surface area contributed by atoms with Crippen molar-refractivity contribution in [1.82, 2.24) is 30.0 Å². The molecule has 1 aliphatic carbocycles. The Hall–Kier alpha value is -4.98. The summed E-state index contributed by atoms with van der Waals surface area (Å²) in [4.78, 5) is 73.2. The van der Waals surface area contributed by atoms with Crippen LogP contribution in [0.5, 0.6) is 0 Å². The number of rotatable bonds is 11. The number of aromatic nitrogens is 6. The van der Waals surface area contributed by atoms with Crippen LogP contribution in [0, 0.1) is 0 Å². The van der Waals surface area contributed by atoms with E-state index in [-0.39, 0.29) is 11.4 Å². The minimum atomic E-state index is -1.49. The molecule has 0 amide bonds. The first-order chi connectivity index (χ1) is 22.8. The number of ether oxygens (including phenoxy) is 8. The number of esters is 6. The van der Waals surface area contributed by atoms with Gasteiger partial charge in [0.05, 0.1) is 38.8 Å². The molecule has 1 saturated carbocycles. The molecule has 262 valence electrons. The lowest BCUT2D eigenvalue weighted by Crippen LogP contribution is -2.60. The van der Waals surface area contributed by atoms with Crippen LogP contribution in [0.2, 0.25) is 0 Å². The second-order valence-electron chi connectivity index (χ2n) is 10.9. The Labute approximate surface area is 273 Å². The van der Waals surface area contributed by atoms with Crippen LogP contribution in [-0.2, 0) is 57.1 Å². The van der Waals surface area contributed by atoms with Crippen LogP contribution in [0.15, 0.2) is 12.4 Å². The summed E-state index contributed by atoms with van der Waals surface area (Å²) < 4.78 is 46.8. The highest BCUT2D eigenvalue weighted by Gasteiger charge is 2.54. The van der Waals surface area contributed by atoms with Gasteiger partial charge < -0.3 is 37.9 Å². The third kappa shape index (κ3) is 8.48. The SMILES string of the molecule is COC(=O)c1cn([C@H]2[C@@H](OC(C)=O)[C@@H](COC(C)=O)O[C@@H](O[C@@H]3CCC[C@H](n4cc(C(=O)OC)nn4)[C@H]3OC(C)=O)[C@@H]2OC(C)=O)nn1. The van der Waals surface area contributed by atoms with E-state index in [9.17, 15) is 28.8 Å². The second-order valence-corrected chi connectivity index (χ2v) is 10.9. The highest BCUT2D eigenvalue weighted by atomic mass is 16.7. The molecule has 0 radical (unpaired) electrons. The molecule has 2 aromatic heterocycles. The highest BCUT2D eigenvalue weighted by molar-refractivity contribution is 5.87. The summed E-state index contributed by atoms with van der Waals surface area (Å²) in [5, 5.41) is 15.7. The molecule has 0 spiro atoms. The minimum absolute atomic E-state index is 0.0699. The van der Waals surface area contributed by atoms with Crippen LogP contribution >= 0.6 is 0 Å². The summed E-state index contributed by atoms with van der Waals surface area (Å²) in [6.07, 6.45) is -3.57. The molecular formula is C28H36N6O14. The normalized spacial score (nSPS) is 26.9. The Kier molecular flexibility index (Phi) is 11.8. The van der Waals surface area contributed by atoms with Crippen LogP contribution < -0.4 is 0 Å². The molecule has 2 fully saturated rings. The van der Waals surface area contributed by atoms with Gasteiger partial charge in [0.2, 0.25) is 0 Å². The van der Waals surface area contributed by atoms with E-state index in [2.05, 4.69) is 20.6 Å². The van der Waals surface area contributed by atoms with E-state index in [0.717, 1.165) is 25.6 Å². The van der Waals surface area contributed by atoms with E-state index in [1.807, 2.05) is 0 Å². The zero-order valence-corrected chi connectivity index (χ0v) is 27.0. The van der Waals surface area contributed by atoms with Crippen LogP contribution in [0.4, 0.5) is 0 Å². The molecule has 0 bridgehead atoms. The van der Waals surface area contributed by atoms with Crippen LogP contribution in [-0.4, -0.2) is 123 Å². The van der Waals surface area contributed by atoms with Gasteiger partial charge in [-0.1, -0.05) is 10.4 Å². The highest BCUT2D eigenvalue weighted by Crippen LogP contribution is 2.39. The van der Waals surface area contributed by atoms with Crippen molar-refractivity contribution in [2.45, 2.75) is 95.9 Å². The smallest absolute Gasteiger partial charge is 0.360 e. The largest absolute Gasteiger partial charge is 0.464 e. The second kappa shape index (κ2) is 15.7. The van der Waals surface area contributed by atoms with Gasteiger partial charge in [-0.25, -0.2) is 19.0 Å². The number of hydrogen-bond acceptors (Lipinski definition) is 18. The monoisotopic (exact) mass is 680 g/mol. The molecule has 48 heavy (non-hydrogen) atoms. The Bertz CT molecular complexity index is 1510. The molecule has 2 aliphatic rings. The average Bonchev–Trinajstić information content (AvgIpc) is 3.72. The Balaban J connectivity index is 1.76. The van der Waals surface area contributed by atoms with E-state index >= 15 is 0 Å². The summed E-state index contributed by atoms with van der Waals surface area (Å²) in [5.41, 5.74) is -0.287. The Morgan fingerprint density at radius 3 is 1.85 bits per heavy atom. The zero-order valence-electron chi connectivity index (χ0n) is 27.0. The fourth-order valence-electron chi connectivity index (χ4n) is 5.60. The van der Waals surface area contributed by atoms with Gasteiger partial charge in [0.1, 0.15) is 18.8 Å². The third-order valence-corrected chi connectivity index (χ3v) is 7.47. The lowest BCUT2D eigenvalue weighted by Gasteiger charge is -2.46. The number of carbonyl (C=O) groups is 6. The van der Waals surface area contributed by atoms with Crippen molar-refractivity contribution in [1.29, 1.82) is 0 Å². The van der Waals surface area contributed by atoms with Crippen molar-refractivity contribution in [3.05, 3.63) is 23.8 Å². The summed E-state index contributed by atoms with van der Waals surface area (Å²) in [5.74, 6) is -4.41. The maximum atomic E-state index is 12.5. The van der Waals surface area contributed by atoms with E-state index in [1.54, 1.807) is 0 Å². The summed E-state index contributed by atoms with van der Waals surface area (Å²) >= 11 is 0. The van der Waals surface area contributed by atoms with Crippen molar-refractivity contribution in [3.63, 3.8) is 0 Å². The molecule has 0 aromatic carbocycles. The Morgan fingerprint density at radius 1 is 0.750 bits per heavy atom. The molecule has 2 aromatic rings. The molecule has 20 heteroatoms. The minimum Gasteiger partial charge on any atom is -0.464 e. The first-order valence-electron chi connectivity index (χ1n) is 14.8. The fraction of sp³-hybridized carbons (Fsp3) is 0.643.